The van der Waals surface area contributed by atoms with Crippen LogP contribution in [0.5, 0.6) is 5.75 Å². The molecule has 1 fully saturated rings. The molecule has 0 spiro atoms. The van der Waals surface area contributed by atoms with Crippen LogP contribution in [0, 0.1) is 5.82 Å². The van der Waals surface area contributed by atoms with Gasteiger partial charge < -0.3 is 14.4 Å². The quantitative estimate of drug-likeness (QED) is 0.235. The normalized spacial score (nSPS) is 14.1. The summed E-state index contributed by atoms with van der Waals surface area (Å²) in [4.78, 5) is 41.1. The predicted octanol–water partition coefficient (Wildman–Crippen LogP) is 3.80. The van der Waals surface area contributed by atoms with E-state index in [2.05, 4.69) is 0 Å². The third-order valence-corrected chi connectivity index (χ3v) is 7.92. The van der Waals surface area contributed by atoms with Crippen LogP contribution in [0.15, 0.2) is 38.4 Å². The maximum Gasteiger partial charge on any atom is 0.345 e. The number of amides is 1. The molecule has 0 radical (unpaired) electrons. The minimum atomic E-state index is -4.59. The number of hydroxylamine groups is 2. The lowest BCUT2D eigenvalue weighted by molar-refractivity contribution is -0.192. The van der Waals surface area contributed by atoms with Gasteiger partial charge >= 0.3 is 11.6 Å². The van der Waals surface area contributed by atoms with Gasteiger partial charge in [0.05, 0.1) is 12.1 Å². The molecule has 1 aromatic carbocycles. The van der Waals surface area contributed by atoms with Gasteiger partial charge in [0, 0.05) is 34.0 Å². The van der Waals surface area contributed by atoms with Crippen molar-refractivity contribution in [3.63, 3.8) is 0 Å². The van der Waals surface area contributed by atoms with Crippen LogP contribution in [0.25, 0.3) is 21.4 Å². The molecule has 3 heterocycles. The van der Waals surface area contributed by atoms with Gasteiger partial charge in [0.15, 0.2) is 11.6 Å². The Morgan fingerprint density at radius 2 is 1.94 bits per heavy atom. The number of aryl methyl sites for hydroxylation is 1. The molecule has 1 saturated heterocycles. The maximum absolute atomic E-state index is 13.8. The van der Waals surface area contributed by atoms with Crippen LogP contribution in [-0.4, -0.2) is 41.6 Å². The first-order chi connectivity index (χ1) is 17.0. The van der Waals surface area contributed by atoms with E-state index in [4.69, 9.17) is 9.25 Å². The molecule has 0 unspecified atom stereocenters. The number of phenols is 1. The Morgan fingerprint density at radius 1 is 1.17 bits per heavy atom. The van der Waals surface area contributed by atoms with Gasteiger partial charge in [-0.3, -0.25) is 9.35 Å². The topological polar surface area (TPSA) is 151 Å². The predicted molar refractivity (Wildman–Crippen MR) is 126 cm³/mol. The second-order valence-electron chi connectivity index (χ2n) is 8.29. The fraction of sp³-hybridized carbons (Fsp3) is 0.348. The summed E-state index contributed by atoms with van der Waals surface area (Å²) < 4.78 is 52.5. The molecule has 1 amide bonds. The lowest BCUT2D eigenvalue weighted by Gasteiger charge is -2.14. The van der Waals surface area contributed by atoms with Crippen molar-refractivity contribution in [3.05, 3.63) is 45.4 Å². The lowest BCUT2D eigenvalue weighted by Crippen LogP contribution is -2.28. The highest BCUT2D eigenvalue weighted by Crippen LogP contribution is 2.35. The summed E-state index contributed by atoms with van der Waals surface area (Å²) in [7, 11) is -4.59. The minimum absolute atomic E-state index is 0.0204. The Bertz CT molecular complexity index is 1490. The van der Waals surface area contributed by atoms with Gasteiger partial charge in [0.1, 0.15) is 10.5 Å². The molecule has 1 aliphatic rings. The van der Waals surface area contributed by atoms with Gasteiger partial charge in [-0.05, 0) is 43.9 Å². The number of nitrogens with zero attached hydrogens (tertiary/aromatic N) is 1. The molecule has 13 heteroatoms. The molecular formula is C23H22FNO9S2. The van der Waals surface area contributed by atoms with E-state index in [-0.39, 0.29) is 45.1 Å². The molecule has 0 aliphatic carbocycles. The van der Waals surface area contributed by atoms with Crippen LogP contribution in [0.4, 0.5) is 4.39 Å². The number of fused-ring (bicyclic) bond motifs is 1. The summed E-state index contributed by atoms with van der Waals surface area (Å²) in [5.74, 6) is -2.33. The monoisotopic (exact) mass is 539 g/mol. The molecule has 0 atom stereocenters. The van der Waals surface area contributed by atoms with E-state index in [0.717, 1.165) is 34.6 Å². The van der Waals surface area contributed by atoms with Crippen LogP contribution in [0.1, 0.15) is 43.4 Å². The fourth-order valence-corrected chi connectivity index (χ4v) is 6.13. The van der Waals surface area contributed by atoms with Crippen molar-refractivity contribution in [2.45, 2.75) is 49.8 Å². The van der Waals surface area contributed by atoms with E-state index < -0.39 is 33.3 Å². The maximum atomic E-state index is 13.8. The number of thiophene rings is 1. The molecule has 4 rings (SSSR count). The van der Waals surface area contributed by atoms with Crippen molar-refractivity contribution in [1.29, 1.82) is 0 Å². The molecule has 36 heavy (non-hydrogen) atoms. The summed E-state index contributed by atoms with van der Waals surface area (Å²) >= 11 is 0.977. The number of benzene rings is 1. The first-order valence-corrected chi connectivity index (χ1v) is 13.4. The highest BCUT2D eigenvalue weighted by atomic mass is 32.2. The van der Waals surface area contributed by atoms with Crippen LogP contribution < -0.4 is 5.63 Å². The average Bonchev–Trinajstić information content (AvgIpc) is 3.40. The third kappa shape index (κ3) is 5.74. The largest absolute Gasteiger partial charge is 0.505 e. The van der Waals surface area contributed by atoms with Gasteiger partial charge in [-0.1, -0.05) is 6.42 Å². The number of hydrogen-bond donors (Lipinski definition) is 2. The molecule has 2 N–H and O–H groups in total. The number of aromatic hydroxyl groups is 1. The third-order valence-electron chi connectivity index (χ3n) is 5.64. The van der Waals surface area contributed by atoms with E-state index in [0.29, 0.717) is 43.5 Å². The van der Waals surface area contributed by atoms with Crippen molar-refractivity contribution in [3.8, 4) is 16.2 Å². The van der Waals surface area contributed by atoms with Crippen LogP contribution >= 0.6 is 11.3 Å². The minimum Gasteiger partial charge on any atom is -0.505 e. The number of carbonyl (C=O) groups excluding carboxylic acids is 2. The van der Waals surface area contributed by atoms with Gasteiger partial charge in [-0.15, -0.1) is 11.3 Å². The fourth-order valence-electron chi connectivity index (χ4n) is 3.86. The molecule has 1 aliphatic heterocycles. The zero-order chi connectivity index (χ0) is 26.0. The van der Waals surface area contributed by atoms with Gasteiger partial charge in [0.25, 0.3) is 16.0 Å². The second kappa shape index (κ2) is 10.4. The van der Waals surface area contributed by atoms with E-state index in [1.54, 1.807) is 0 Å². The highest BCUT2D eigenvalue weighted by Gasteiger charge is 2.24. The number of rotatable bonds is 9. The van der Waals surface area contributed by atoms with Crippen molar-refractivity contribution < 1.29 is 41.3 Å². The Labute approximate surface area is 208 Å². The number of halogens is 1. The number of carbonyl (C=O) groups is 2. The van der Waals surface area contributed by atoms with Gasteiger partial charge in [0.2, 0.25) is 0 Å². The van der Waals surface area contributed by atoms with E-state index >= 15 is 0 Å². The SMILES string of the molecule is O=C(CCCCCc1sc(-c2cc3cc(F)c(O)cc3oc2=O)cc1S(=O)(=O)O)ON1CCCC1=O. The smallest absolute Gasteiger partial charge is 0.345 e. The average molecular weight is 540 g/mol. The highest BCUT2D eigenvalue weighted by molar-refractivity contribution is 7.86. The molecule has 0 saturated carbocycles. The van der Waals surface area contributed by atoms with Crippen molar-refractivity contribution in [1.82, 2.24) is 5.06 Å². The number of hydrogen-bond acceptors (Lipinski definition) is 9. The lowest BCUT2D eigenvalue weighted by atomic mass is 10.1. The van der Waals surface area contributed by atoms with Crippen LogP contribution in [-0.2, 0) is 31.0 Å². The van der Waals surface area contributed by atoms with Crippen LogP contribution in [0.2, 0.25) is 0 Å². The second-order valence-corrected chi connectivity index (χ2v) is 10.8. The molecular weight excluding hydrogens is 517 g/mol. The number of unbranched alkanes of at least 4 members (excludes halogenated alkanes) is 2. The summed E-state index contributed by atoms with van der Waals surface area (Å²) in [6, 6.07) is 4.44. The van der Waals surface area contributed by atoms with Crippen molar-refractivity contribution in [2.75, 3.05) is 6.54 Å². The summed E-state index contributed by atoms with van der Waals surface area (Å²) in [5, 5.41) is 10.7. The Kier molecular flexibility index (Phi) is 7.43. The van der Waals surface area contributed by atoms with E-state index in [1.807, 2.05) is 0 Å². The molecule has 0 bridgehead atoms. The summed E-state index contributed by atoms with van der Waals surface area (Å²) in [5.41, 5.74) is -0.881. The first-order valence-electron chi connectivity index (χ1n) is 11.1. The summed E-state index contributed by atoms with van der Waals surface area (Å²) in [6.45, 7) is 0.386. The van der Waals surface area contributed by atoms with Gasteiger partial charge in [-0.25, -0.2) is 14.0 Å². The molecule has 10 nitrogen and oxygen atoms in total. The molecule has 3 aromatic rings. The van der Waals surface area contributed by atoms with Crippen molar-refractivity contribution >= 4 is 44.3 Å². The number of phenolic OH excluding ortho intramolecular Hbond substituents is 1. The first kappa shape index (κ1) is 25.8. The van der Waals surface area contributed by atoms with E-state index in [9.17, 15) is 36.9 Å². The Morgan fingerprint density at radius 3 is 2.64 bits per heavy atom. The van der Waals surface area contributed by atoms with Crippen LogP contribution in [0.3, 0.4) is 0 Å². The zero-order valence-electron chi connectivity index (χ0n) is 18.9. The summed E-state index contributed by atoms with van der Waals surface area (Å²) in [6.07, 6.45) is 2.82. The zero-order valence-corrected chi connectivity index (χ0v) is 20.5. The standard InChI is InChI=1S/C23H22FNO9S2/c24-15-10-13-9-14(23(29)33-17(13)11-16(15)26)19-12-20(36(30,31)32)18(35-19)5-2-1-3-7-22(28)34-25-8-4-6-21(25)27/h9-12,26H,1-8H2,(H,30,31,32). The molecule has 2 aromatic heterocycles. The molecule has 192 valence electrons. The van der Waals surface area contributed by atoms with Gasteiger partial charge in [-0.2, -0.15) is 13.5 Å². The Balaban J connectivity index is 1.45. The van der Waals surface area contributed by atoms with E-state index in [1.165, 1.54) is 6.07 Å². The Hall–Kier alpha value is -3.29. The van der Waals surface area contributed by atoms with Crippen molar-refractivity contribution in [2.24, 2.45) is 0 Å².